The molecule has 0 spiro atoms. The summed E-state index contributed by atoms with van der Waals surface area (Å²) < 4.78 is 0. The smallest absolute Gasteiger partial charge is 0.260 e. The molecule has 1 atom stereocenters. The molecule has 1 N–H and O–H groups in total. The number of nitrogens with zero attached hydrogens (tertiary/aromatic N) is 3. The number of pyridine rings is 2. The summed E-state index contributed by atoms with van der Waals surface area (Å²) in [6, 6.07) is 7.32. The normalized spacial score (nSPS) is 17.1. The third kappa shape index (κ3) is 3.04. The Morgan fingerprint density at radius 1 is 1.33 bits per heavy atom. The highest BCUT2D eigenvalue weighted by atomic mass is 16.2. The Morgan fingerprint density at radius 3 is 2.83 bits per heavy atom. The van der Waals surface area contributed by atoms with Gasteiger partial charge < -0.3 is 14.8 Å². The lowest BCUT2D eigenvalue weighted by molar-refractivity contribution is 0.0734. The van der Waals surface area contributed by atoms with Gasteiger partial charge in [-0.15, -0.1) is 0 Å². The summed E-state index contributed by atoms with van der Waals surface area (Å²) in [5.74, 6) is 0.655. The molecule has 6 heteroatoms. The van der Waals surface area contributed by atoms with Crippen LogP contribution in [0.5, 0.6) is 0 Å². The van der Waals surface area contributed by atoms with Crippen molar-refractivity contribution in [1.82, 2.24) is 14.9 Å². The highest BCUT2D eigenvalue weighted by Crippen LogP contribution is 2.33. The summed E-state index contributed by atoms with van der Waals surface area (Å²) in [6.07, 6.45) is 3.59. The number of anilines is 1. The van der Waals surface area contributed by atoms with Gasteiger partial charge in [0.05, 0.1) is 6.04 Å². The second-order valence-corrected chi connectivity index (χ2v) is 6.38. The maximum Gasteiger partial charge on any atom is 0.260 e. The second-order valence-electron chi connectivity index (χ2n) is 6.38. The molecule has 1 aliphatic rings. The van der Waals surface area contributed by atoms with Crippen LogP contribution in [-0.4, -0.2) is 41.4 Å². The lowest BCUT2D eigenvalue weighted by atomic mass is 10.0. The van der Waals surface area contributed by atoms with E-state index in [9.17, 15) is 9.59 Å². The number of aromatic nitrogens is 2. The molecule has 0 aromatic carbocycles. The van der Waals surface area contributed by atoms with Gasteiger partial charge in [0.25, 0.3) is 11.5 Å². The molecule has 6 nitrogen and oxygen atoms in total. The topological polar surface area (TPSA) is 69.3 Å². The molecule has 0 unspecified atom stereocenters. The molecule has 0 bridgehead atoms. The van der Waals surface area contributed by atoms with Crippen molar-refractivity contribution < 1.29 is 4.79 Å². The summed E-state index contributed by atoms with van der Waals surface area (Å²) in [6.45, 7) is 2.46. The number of aryl methyl sites for hydroxylation is 1. The van der Waals surface area contributed by atoms with Gasteiger partial charge in [-0.1, -0.05) is 0 Å². The monoisotopic (exact) mass is 326 g/mol. The molecule has 1 amide bonds. The third-order valence-electron chi connectivity index (χ3n) is 4.41. The van der Waals surface area contributed by atoms with Crippen LogP contribution in [0, 0.1) is 6.92 Å². The lowest BCUT2D eigenvalue weighted by Crippen LogP contribution is -2.34. The molecule has 0 radical (unpaired) electrons. The number of H-pyrrole nitrogens is 1. The van der Waals surface area contributed by atoms with Gasteiger partial charge >= 0.3 is 0 Å². The Kier molecular flexibility index (Phi) is 4.38. The van der Waals surface area contributed by atoms with E-state index < -0.39 is 0 Å². The first kappa shape index (κ1) is 16.2. The van der Waals surface area contributed by atoms with E-state index >= 15 is 0 Å². The number of hydrogen-bond donors (Lipinski definition) is 1. The minimum atomic E-state index is -0.325. The maximum atomic E-state index is 12.9. The van der Waals surface area contributed by atoms with Gasteiger partial charge in [-0.05, 0) is 49.6 Å². The highest BCUT2D eigenvalue weighted by Gasteiger charge is 2.32. The van der Waals surface area contributed by atoms with Crippen molar-refractivity contribution in [1.29, 1.82) is 0 Å². The van der Waals surface area contributed by atoms with Crippen molar-refractivity contribution in [3.63, 3.8) is 0 Å². The number of likely N-dealkylation sites (tertiary alicyclic amines) is 1. The van der Waals surface area contributed by atoms with Crippen LogP contribution in [-0.2, 0) is 0 Å². The number of amides is 1. The number of aromatic amines is 1. The summed E-state index contributed by atoms with van der Waals surface area (Å²) in [5.41, 5.74) is 1.69. The molecule has 24 heavy (non-hydrogen) atoms. The zero-order valence-electron chi connectivity index (χ0n) is 14.2. The van der Waals surface area contributed by atoms with Crippen molar-refractivity contribution in [2.75, 3.05) is 25.5 Å². The molecule has 2 aromatic heterocycles. The fourth-order valence-electron chi connectivity index (χ4n) is 3.14. The molecular formula is C18H22N4O2. The molecule has 1 saturated heterocycles. The van der Waals surface area contributed by atoms with Gasteiger partial charge in [-0.2, -0.15) is 0 Å². The lowest BCUT2D eigenvalue weighted by Gasteiger charge is -2.25. The zero-order chi connectivity index (χ0) is 17.3. The van der Waals surface area contributed by atoms with Crippen LogP contribution < -0.4 is 10.5 Å². The minimum absolute atomic E-state index is 0.0140. The molecule has 126 valence electrons. The largest absolute Gasteiger partial charge is 0.363 e. The van der Waals surface area contributed by atoms with Gasteiger partial charge in [0.1, 0.15) is 11.4 Å². The standard InChI is InChI=1S/C18H22N4O2/c1-12-6-7-14(17(23)20-12)18(24)22-10-4-5-15(22)13-8-9-19-16(11-13)21(2)3/h6-9,11,15H,4-5,10H2,1-3H3,(H,20,23)/t15-/m1/s1. The highest BCUT2D eigenvalue weighted by molar-refractivity contribution is 5.94. The summed E-state index contributed by atoms with van der Waals surface area (Å²) in [4.78, 5) is 35.7. The molecule has 0 saturated carbocycles. The molecule has 3 rings (SSSR count). The van der Waals surface area contributed by atoms with Gasteiger partial charge in [-0.25, -0.2) is 4.98 Å². The predicted molar refractivity (Wildman–Crippen MR) is 93.4 cm³/mol. The van der Waals surface area contributed by atoms with E-state index in [0.29, 0.717) is 6.54 Å². The Morgan fingerprint density at radius 2 is 2.12 bits per heavy atom. The van der Waals surface area contributed by atoms with E-state index in [0.717, 1.165) is 29.9 Å². The van der Waals surface area contributed by atoms with Crippen molar-refractivity contribution in [3.8, 4) is 0 Å². The van der Waals surface area contributed by atoms with E-state index in [2.05, 4.69) is 9.97 Å². The molecule has 3 heterocycles. The number of rotatable bonds is 3. The van der Waals surface area contributed by atoms with Crippen LogP contribution in [0.3, 0.4) is 0 Å². The molecular weight excluding hydrogens is 304 g/mol. The summed E-state index contributed by atoms with van der Waals surface area (Å²) in [5, 5.41) is 0. The van der Waals surface area contributed by atoms with Gasteiger partial charge in [-0.3, -0.25) is 9.59 Å². The van der Waals surface area contributed by atoms with E-state index in [-0.39, 0.29) is 23.1 Å². The first-order chi connectivity index (χ1) is 11.5. The SMILES string of the molecule is Cc1ccc(C(=O)N2CCC[C@@H]2c2ccnc(N(C)C)c2)c(=O)[nH]1. The fourth-order valence-corrected chi connectivity index (χ4v) is 3.14. The molecule has 1 fully saturated rings. The Labute approximate surface area is 141 Å². The van der Waals surface area contributed by atoms with Crippen molar-refractivity contribution in [2.24, 2.45) is 0 Å². The van der Waals surface area contributed by atoms with Gasteiger partial charge in [0.2, 0.25) is 0 Å². The van der Waals surface area contributed by atoms with Crippen molar-refractivity contribution in [3.05, 3.63) is 57.6 Å². The van der Waals surface area contributed by atoms with Crippen LogP contribution in [0.4, 0.5) is 5.82 Å². The third-order valence-corrected chi connectivity index (χ3v) is 4.41. The average molecular weight is 326 g/mol. The van der Waals surface area contributed by atoms with Crippen LogP contribution >= 0.6 is 0 Å². The molecule has 0 aliphatic carbocycles. The quantitative estimate of drug-likeness (QED) is 0.938. The molecule has 2 aromatic rings. The van der Waals surface area contributed by atoms with Gasteiger partial charge in [0, 0.05) is 32.5 Å². The van der Waals surface area contributed by atoms with E-state index in [1.807, 2.05) is 31.1 Å². The van der Waals surface area contributed by atoms with Crippen LogP contribution in [0.2, 0.25) is 0 Å². The fraction of sp³-hybridized carbons (Fsp3) is 0.389. The van der Waals surface area contributed by atoms with E-state index in [1.165, 1.54) is 0 Å². The van der Waals surface area contributed by atoms with E-state index in [1.54, 1.807) is 30.2 Å². The average Bonchev–Trinajstić information content (AvgIpc) is 3.04. The second kappa shape index (κ2) is 6.47. The predicted octanol–water partition coefficient (Wildman–Crippen LogP) is 2.12. The maximum absolute atomic E-state index is 12.9. The summed E-state index contributed by atoms with van der Waals surface area (Å²) >= 11 is 0. The van der Waals surface area contributed by atoms with Crippen LogP contribution in [0.15, 0.2) is 35.3 Å². The van der Waals surface area contributed by atoms with E-state index in [4.69, 9.17) is 0 Å². The van der Waals surface area contributed by atoms with Crippen molar-refractivity contribution >= 4 is 11.7 Å². The Balaban J connectivity index is 1.92. The van der Waals surface area contributed by atoms with Crippen molar-refractivity contribution in [2.45, 2.75) is 25.8 Å². The molecule has 1 aliphatic heterocycles. The minimum Gasteiger partial charge on any atom is -0.363 e. The summed E-state index contributed by atoms with van der Waals surface area (Å²) in [7, 11) is 3.88. The Bertz CT molecular complexity index is 813. The Hall–Kier alpha value is -2.63. The number of hydrogen-bond acceptors (Lipinski definition) is 4. The zero-order valence-corrected chi connectivity index (χ0v) is 14.2. The first-order valence-corrected chi connectivity index (χ1v) is 8.11. The first-order valence-electron chi connectivity index (χ1n) is 8.11. The van der Waals surface area contributed by atoms with Gasteiger partial charge in [0.15, 0.2) is 0 Å². The van der Waals surface area contributed by atoms with Crippen LogP contribution in [0.25, 0.3) is 0 Å². The number of carbonyl (C=O) groups is 1. The number of carbonyl (C=O) groups excluding carboxylic acids is 1. The number of nitrogens with one attached hydrogen (secondary N) is 1. The van der Waals surface area contributed by atoms with Crippen LogP contribution in [0.1, 0.15) is 40.5 Å².